The number of rotatable bonds is 5. The van der Waals surface area contributed by atoms with Gasteiger partial charge in [0.15, 0.2) is 5.82 Å². The Morgan fingerprint density at radius 2 is 1.53 bits per heavy atom. The number of anilines is 2. The Morgan fingerprint density at radius 3 is 2.21 bits per heavy atom. The van der Waals surface area contributed by atoms with Gasteiger partial charge in [-0.05, 0) is 31.5 Å². The van der Waals surface area contributed by atoms with Gasteiger partial charge < -0.3 is 14.9 Å². The van der Waals surface area contributed by atoms with E-state index in [4.69, 9.17) is 11.6 Å². The molecule has 3 heterocycles. The highest BCUT2D eigenvalue weighted by Crippen LogP contribution is 2.29. The van der Waals surface area contributed by atoms with Crippen molar-refractivity contribution in [2.75, 3.05) is 36.0 Å². The van der Waals surface area contributed by atoms with E-state index in [1.54, 1.807) is 20.0 Å². The van der Waals surface area contributed by atoms with Gasteiger partial charge in [-0.1, -0.05) is 60.1 Å². The third-order valence-electron chi connectivity index (χ3n) is 6.42. The summed E-state index contributed by atoms with van der Waals surface area (Å²) in [4.78, 5) is 9.16. The van der Waals surface area contributed by atoms with Crippen LogP contribution in [-0.2, 0) is 12.0 Å². The van der Waals surface area contributed by atoms with Gasteiger partial charge >= 0.3 is 0 Å². The van der Waals surface area contributed by atoms with E-state index in [9.17, 15) is 5.11 Å². The molecule has 5 rings (SSSR count). The zero-order chi connectivity index (χ0) is 23.7. The second-order valence-electron chi connectivity index (χ2n) is 9.22. The predicted molar refractivity (Wildman–Crippen MR) is 138 cm³/mol. The molecule has 2 aromatic heterocycles. The highest BCUT2D eigenvalue weighted by atomic mass is 35.5. The van der Waals surface area contributed by atoms with Crippen LogP contribution in [0.15, 0.2) is 66.9 Å². The summed E-state index contributed by atoms with van der Waals surface area (Å²) in [6.07, 6.45) is 2.41. The SMILES string of the molecule is CC(C)(O)c1ccc(N2CCN(c3nnc(Cc4ccccc4Cl)c4ccccc34)CC2)nc1. The zero-order valence-corrected chi connectivity index (χ0v) is 20.2. The predicted octanol–water partition coefficient (Wildman–Crippen LogP) is 4.82. The van der Waals surface area contributed by atoms with E-state index >= 15 is 0 Å². The number of hydrogen-bond donors (Lipinski definition) is 1. The summed E-state index contributed by atoms with van der Waals surface area (Å²) in [6.45, 7) is 6.88. The van der Waals surface area contributed by atoms with Crippen molar-refractivity contribution in [2.24, 2.45) is 0 Å². The molecule has 0 unspecified atom stereocenters. The molecule has 6 nitrogen and oxygen atoms in total. The fourth-order valence-corrected chi connectivity index (χ4v) is 4.62. The second-order valence-corrected chi connectivity index (χ2v) is 9.63. The van der Waals surface area contributed by atoms with Crippen LogP contribution < -0.4 is 9.80 Å². The van der Waals surface area contributed by atoms with Crippen molar-refractivity contribution in [3.8, 4) is 0 Å². The summed E-state index contributed by atoms with van der Waals surface area (Å²) in [5.74, 6) is 1.85. The first-order valence-corrected chi connectivity index (χ1v) is 11.9. The first-order valence-electron chi connectivity index (χ1n) is 11.6. The van der Waals surface area contributed by atoms with Gasteiger partial charge in [-0.2, -0.15) is 5.10 Å². The number of pyridine rings is 1. The van der Waals surface area contributed by atoms with E-state index in [2.05, 4.69) is 43.2 Å². The van der Waals surface area contributed by atoms with E-state index in [-0.39, 0.29) is 0 Å². The van der Waals surface area contributed by atoms with Crippen LogP contribution >= 0.6 is 11.6 Å². The molecule has 0 aliphatic carbocycles. The van der Waals surface area contributed by atoms with Crippen molar-refractivity contribution < 1.29 is 5.11 Å². The smallest absolute Gasteiger partial charge is 0.159 e. The van der Waals surface area contributed by atoms with Crippen molar-refractivity contribution in [3.63, 3.8) is 0 Å². The number of nitrogens with zero attached hydrogens (tertiary/aromatic N) is 5. The molecule has 0 bridgehead atoms. The maximum Gasteiger partial charge on any atom is 0.159 e. The average Bonchev–Trinajstić information content (AvgIpc) is 2.85. The van der Waals surface area contributed by atoms with E-state index in [1.807, 2.05) is 42.5 Å². The zero-order valence-electron chi connectivity index (χ0n) is 19.4. The van der Waals surface area contributed by atoms with Crippen LogP contribution in [0.3, 0.4) is 0 Å². The first kappa shape index (κ1) is 22.6. The van der Waals surface area contributed by atoms with Crippen molar-refractivity contribution in [3.05, 3.63) is 88.7 Å². The average molecular weight is 474 g/mol. The fourth-order valence-electron chi connectivity index (χ4n) is 4.41. The Balaban J connectivity index is 1.35. The molecule has 174 valence electrons. The molecule has 7 heteroatoms. The van der Waals surface area contributed by atoms with Crippen LogP contribution in [-0.4, -0.2) is 46.5 Å². The molecule has 1 fully saturated rings. The molecule has 0 spiro atoms. The molecule has 1 saturated heterocycles. The maximum atomic E-state index is 10.2. The molecular weight excluding hydrogens is 446 g/mol. The molecule has 0 atom stereocenters. The Kier molecular flexibility index (Phi) is 6.11. The largest absolute Gasteiger partial charge is 0.386 e. The van der Waals surface area contributed by atoms with Gasteiger partial charge in [0, 0.05) is 60.2 Å². The van der Waals surface area contributed by atoms with Gasteiger partial charge in [0.05, 0.1) is 11.3 Å². The van der Waals surface area contributed by atoms with Crippen molar-refractivity contribution in [2.45, 2.75) is 25.9 Å². The van der Waals surface area contributed by atoms with Crippen LogP contribution in [0.25, 0.3) is 10.8 Å². The summed E-state index contributed by atoms with van der Waals surface area (Å²) in [5.41, 5.74) is 1.91. The summed E-state index contributed by atoms with van der Waals surface area (Å²) in [7, 11) is 0. The van der Waals surface area contributed by atoms with Crippen LogP contribution in [0.5, 0.6) is 0 Å². The first-order chi connectivity index (χ1) is 16.4. The van der Waals surface area contributed by atoms with Crippen LogP contribution in [0.2, 0.25) is 5.02 Å². The van der Waals surface area contributed by atoms with Crippen LogP contribution in [0, 0.1) is 0 Å². The number of hydrogen-bond acceptors (Lipinski definition) is 6. The Labute approximate surface area is 204 Å². The molecule has 1 N–H and O–H groups in total. The highest BCUT2D eigenvalue weighted by Gasteiger charge is 2.23. The molecule has 0 amide bonds. The third-order valence-corrected chi connectivity index (χ3v) is 6.79. The van der Waals surface area contributed by atoms with Gasteiger partial charge in [-0.25, -0.2) is 4.98 Å². The minimum absolute atomic E-state index is 0.646. The molecule has 0 saturated carbocycles. The molecule has 1 aliphatic heterocycles. The quantitative estimate of drug-likeness (QED) is 0.448. The van der Waals surface area contributed by atoms with Crippen LogP contribution in [0.1, 0.15) is 30.7 Å². The Hall–Kier alpha value is -3.22. The summed E-state index contributed by atoms with van der Waals surface area (Å²) in [6, 6.07) is 20.2. The lowest BCUT2D eigenvalue weighted by Crippen LogP contribution is -2.47. The molecule has 4 aromatic rings. The van der Waals surface area contributed by atoms with E-state index < -0.39 is 5.60 Å². The lowest BCUT2D eigenvalue weighted by molar-refractivity contribution is 0.0782. The normalized spacial score (nSPS) is 14.6. The van der Waals surface area contributed by atoms with Gasteiger partial charge in [0.1, 0.15) is 5.82 Å². The van der Waals surface area contributed by atoms with Gasteiger partial charge in [0.25, 0.3) is 0 Å². The summed E-state index contributed by atoms with van der Waals surface area (Å²) >= 11 is 6.39. The number of benzene rings is 2. The molecule has 34 heavy (non-hydrogen) atoms. The van der Waals surface area contributed by atoms with Gasteiger partial charge in [0.2, 0.25) is 0 Å². The van der Waals surface area contributed by atoms with E-state index in [1.165, 1.54) is 0 Å². The van der Waals surface area contributed by atoms with E-state index in [0.29, 0.717) is 6.42 Å². The minimum Gasteiger partial charge on any atom is -0.386 e. The number of aromatic nitrogens is 3. The number of piperazine rings is 1. The number of fused-ring (bicyclic) bond motifs is 1. The van der Waals surface area contributed by atoms with Crippen molar-refractivity contribution in [1.29, 1.82) is 0 Å². The monoisotopic (exact) mass is 473 g/mol. The minimum atomic E-state index is -0.887. The fraction of sp³-hybridized carbons (Fsp3) is 0.296. The number of halogens is 1. The molecule has 2 aromatic carbocycles. The van der Waals surface area contributed by atoms with Gasteiger partial charge in [-0.3, -0.25) is 0 Å². The highest BCUT2D eigenvalue weighted by molar-refractivity contribution is 6.31. The van der Waals surface area contributed by atoms with Crippen LogP contribution in [0.4, 0.5) is 11.6 Å². The summed E-state index contributed by atoms with van der Waals surface area (Å²) in [5, 5.41) is 22.4. The number of aliphatic hydroxyl groups is 1. The standard InChI is InChI=1S/C27H28ClN5O/c1-27(2,34)20-11-12-25(29-18-20)32-13-15-33(16-14-32)26-22-9-5-4-8-21(22)24(30-31-26)17-19-7-3-6-10-23(19)28/h3-12,18,34H,13-17H2,1-2H3. The summed E-state index contributed by atoms with van der Waals surface area (Å²) < 4.78 is 0. The molecular formula is C27H28ClN5O. The maximum absolute atomic E-state index is 10.2. The molecule has 0 radical (unpaired) electrons. The van der Waals surface area contributed by atoms with Crippen molar-refractivity contribution >= 4 is 34.0 Å². The Morgan fingerprint density at radius 1 is 0.853 bits per heavy atom. The second kappa shape index (κ2) is 9.20. The van der Waals surface area contributed by atoms with Gasteiger partial charge in [-0.15, -0.1) is 5.10 Å². The third kappa shape index (κ3) is 4.56. The lowest BCUT2D eigenvalue weighted by Gasteiger charge is -2.36. The topological polar surface area (TPSA) is 65.4 Å². The van der Waals surface area contributed by atoms with E-state index in [0.717, 1.165) is 70.4 Å². The molecule has 1 aliphatic rings. The lowest BCUT2D eigenvalue weighted by atomic mass is 10.0. The Bertz CT molecular complexity index is 1290. The van der Waals surface area contributed by atoms with Crippen molar-refractivity contribution in [1.82, 2.24) is 15.2 Å².